The summed E-state index contributed by atoms with van der Waals surface area (Å²) in [4.78, 5) is 23.1. The van der Waals surface area contributed by atoms with E-state index in [9.17, 15) is 20.0 Å². The number of fused-ring (bicyclic) bond motifs is 1. The van der Waals surface area contributed by atoms with Gasteiger partial charge in [0.1, 0.15) is 5.75 Å². The third-order valence-corrected chi connectivity index (χ3v) is 4.69. The van der Waals surface area contributed by atoms with Crippen molar-refractivity contribution in [2.24, 2.45) is 0 Å². The Morgan fingerprint density at radius 1 is 0.862 bits per heavy atom. The molecule has 4 aromatic rings. The first-order chi connectivity index (χ1) is 14.0. The number of aromatic hydroxyl groups is 1. The number of para-hydroxylation sites is 1. The molecule has 0 spiro atoms. The fourth-order valence-corrected chi connectivity index (χ4v) is 3.28. The Bertz CT molecular complexity index is 1230. The molecule has 6 heteroatoms. The number of amides is 1. The SMILES string of the molecule is O=C(Nc1ccc2ccccc2c1-c1ccccc1O)c1ccc([N+](=O)[O-])cc1. The molecule has 0 saturated carbocycles. The molecule has 0 aliphatic rings. The lowest BCUT2D eigenvalue weighted by Crippen LogP contribution is -2.12. The molecule has 0 radical (unpaired) electrons. The number of hydrogen-bond acceptors (Lipinski definition) is 4. The number of non-ortho nitro benzene ring substituents is 1. The van der Waals surface area contributed by atoms with Gasteiger partial charge >= 0.3 is 0 Å². The summed E-state index contributed by atoms with van der Waals surface area (Å²) in [6.07, 6.45) is 0. The quantitative estimate of drug-likeness (QED) is 0.365. The van der Waals surface area contributed by atoms with Crippen molar-refractivity contribution in [3.63, 3.8) is 0 Å². The van der Waals surface area contributed by atoms with E-state index in [-0.39, 0.29) is 11.4 Å². The number of nitrogens with zero attached hydrogens (tertiary/aromatic N) is 1. The van der Waals surface area contributed by atoms with Gasteiger partial charge in [0.2, 0.25) is 0 Å². The van der Waals surface area contributed by atoms with Crippen LogP contribution in [-0.2, 0) is 0 Å². The van der Waals surface area contributed by atoms with Gasteiger partial charge in [-0.15, -0.1) is 0 Å². The zero-order chi connectivity index (χ0) is 20.4. The highest BCUT2D eigenvalue weighted by molar-refractivity contribution is 6.11. The van der Waals surface area contributed by atoms with E-state index in [2.05, 4.69) is 5.32 Å². The smallest absolute Gasteiger partial charge is 0.269 e. The first-order valence-corrected chi connectivity index (χ1v) is 8.90. The second-order valence-corrected chi connectivity index (χ2v) is 6.48. The summed E-state index contributed by atoms with van der Waals surface area (Å²) in [5.74, 6) is -0.290. The maximum Gasteiger partial charge on any atom is 0.269 e. The van der Waals surface area contributed by atoms with Crippen LogP contribution < -0.4 is 5.32 Å². The van der Waals surface area contributed by atoms with E-state index in [1.54, 1.807) is 24.3 Å². The van der Waals surface area contributed by atoms with Gasteiger partial charge in [-0.25, -0.2) is 0 Å². The third-order valence-electron chi connectivity index (χ3n) is 4.69. The highest BCUT2D eigenvalue weighted by Crippen LogP contribution is 2.39. The van der Waals surface area contributed by atoms with Crippen molar-refractivity contribution in [3.05, 3.63) is 101 Å². The molecule has 6 nitrogen and oxygen atoms in total. The number of phenolic OH excluding ortho intramolecular Hbond substituents is 1. The van der Waals surface area contributed by atoms with Crippen molar-refractivity contribution in [2.45, 2.75) is 0 Å². The predicted molar refractivity (Wildman–Crippen MR) is 112 cm³/mol. The van der Waals surface area contributed by atoms with Crippen LogP contribution in [0.5, 0.6) is 5.75 Å². The molecular weight excluding hydrogens is 368 g/mol. The summed E-state index contributed by atoms with van der Waals surface area (Å²) in [5, 5.41) is 25.9. The van der Waals surface area contributed by atoms with Gasteiger partial charge in [-0.2, -0.15) is 0 Å². The second kappa shape index (κ2) is 7.44. The number of benzene rings is 4. The Balaban J connectivity index is 1.79. The average molecular weight is 384 g/mol. The number of nitrogens with one attached hydrogen (secondary N) is 1. The van der Waals surface area contributed by atoms with Crippen molar-refractivity contribution >= 4 is 28.1 Å². The van der Waals surface area contributed by atoms with Crippen LogP contribution in [0.3, 0.4) is 0 Å². The predicted octanol–water partition coefficient (Wildman–Crippen LogP) is 5.37. The molecule has 0 atom stereocenters. The van der Waals surface area contributed by atoms with Gasteiger partial charge in [-0.1, -0.05) is 48.5 Å². The fraction of sp³-hybridized carbons (Fsp3) is 0. The van der Waals surface area contributed by atoms with Crippen molar-refractivity contribution in [3.8, 4) is 16.9 Å². The minimum absolute atomic E-state index is 0.0813. The van der Waals surface area contributed by atoms with Gasteiger partial charge in [-0.3, -0.25) is 14.9 Å². The second-order valence-electron chi connectivity index (χ2n) is 6.48. The molecule has 0 bridgehead atoms. The van der Waals surface area contributed by atoms with E-state index >= 15 is 0 Å². The fourth-order valence-electron chi connectivity index (χ4n) is 3.28. The lowest BCUT2D eigenvalue weighted by atomic mass is 9.95. The molecule has 29 heavy (non-hydrogen) atoms. The number of phenols is 1. The summed E-state index contributed by atoms with van der Waals surface area (Å²) in [6.45, 7) is 0. The van der Waals surface area contributed by atoms with Crippen LogP contribution in [0.4, 0.5) is 11.4 Å². The van der Waals surface area contributed by atoms with Crippen LogP contribution >= 0.6 is 0 Å². The first kappa shape index (κ1) is 18.2. The van der Waals surface area contributed by atoms with Crippen LogP contribution in [0.2, 0.25) is 0 Å². The lowest BCUT2D eigenvalue weighted by Gasteiger charge is -2.15. The van der Waals surface area contributed by atoms with E-state index in [0.717, 1.165) is 10.8 Å². The monoisotopic (exact) mass is 384 g/mol. The average Bonchev–Trinajstić information content (AvgIpc) is 2.74. The highest BCUT2D eigenvalue weighted by Gasteiger charge is 2.16. The van der Waals surface area contributed by atoms with Crippen molar-refractivity contribution in [1.82, 2.24) is 0 Å². The Morgan fingerprint density at radius 2 is 1.55 bits per heavy atom. The van der Waals surface area contributed by atoms with Gasteiger partial charge in [0.05, 0.1) is 4.92 Å². The minimum atomic E-state index is -0.513. The number of carbonyl (C=O) groups is 1. The number of carbonyl (C=O) groups excluding carboxylic acids is 1. The molecule has 0 aliphatic heterocycles. The molecule has 0 unspecified atom stereocenters. The third kappa shape index (κ3) is 3.51. The molecule has 4 aromatic carbocycles. The number of rotatable bonds is 4. The number of nitro groups is 1. The Hall–Kier alpha value is -4.19. The lowest BCUT2D eigenvalue weighted by molar-refractivity contribution is -0.384. The molecule has 1 amide bonds. The summed E-state index contributed by atoms with van der Waals surface area (Å²) in [7, 11) is 0. The Morgan fingerprint density at radius 3 is 2.28 bits per heavy atom. The summed E-state index contributed by atoms with van der Waals surface area (Å²) in [6, 6.07) is 23.7. The summed E-state index contributed by atoms with van der Waals surface area (Å²) < 4.78 is 0. The van der Waals surface area contributed by atoms with Crippen molar-refractivity contribution in [2.75, 3.05) is 5.32 Å². The first-order valence-electron chi connectivity index (χ1n) is 8.90. The van der Waals surface area contributed by atoms with E-state index in [4.69, 9.17) is 0 Å². The van der Waals surface area contributed by atoms with Gasteiger partial charge in [-0.05, 0) is 35.0 Å². The molecule has 142 valence electrons. The number of hydrogen-bond donors (Lipinski definition) is 2. The van der Waals surface area contributed by atoms with Crippen LogP contribution in [0.25, 0.3) is 21.9 Å². The zero-order valence-electron chi connectivity index (χ0n) is 15.2. The Kier molecular flexibility index (Phi) is 4.66. The van der Waals surface area contributed by atoms with Gasteiger partial charge in [0, 0.05) is 34.5 Å². The summed E-state index contributed by atoms with van der Waals surface area (Å²) >= 11 is 0. The molecule has 0 heterocycles. The van der Waals surface area contributed by atoms with E-state index in [1.165, 1.54) is 24.3 Å². The normalized spacial score (nSPS) is 10.6. The van der Waals surface area contributed by atoms with E-state index < -0.39 is 10.8 Å². The van der Waals surface area contributed by atoms with Gasteiger partial charge in [0.25, 0.3) is 11.6 Å². The standard InChI is InChI=1S/C23H16N2O4/c26-21-8-4-3-7-19(21)22-18-6-2-1-5-15(18)11-14-20(22)24-23(27)16-9-12-17(13-10-16)25(28)29/h1-14,26H,(H,24,27). The summed E-state index contributed by atoms with van der Waals surface area (Å²) in [5.41, 5.74) is 2.06. The highest BCUT2D eigenvalue weighted by atomic mass is 16.6. The molecule has 0 fully saturated rings. The Labute approximate surface area is 166 Å². The van der Waals surface area contributed by atoms with Crippen LogP contribution in [0, 0.1) is 10.1 Å². The largest absolute Gasteiger partial charge is 0.507 e. The molecule has 0 aliphatic carbocycles. The molecular formula is C23H16N2O4. The van der Waals surface area contributed by atoms with Crippen LogP contribution in [-0.4, -0.2) is 15.9 Å². The van der Waals surface area contributed by atoms with Gasteiger partial charge < -0.3 is 10.4 Å². The maximum atomic E-state index is 12.8. The number of anilines is 1. The molecule has 0 saturated heterocycles. The number of nitro benzene ring substituents is 1. The maximum absolute atomic E-state index is 12.8. The van der Waals surface area contributed by atoms with Crippen molar-refractivity contribution < 1.29 is 14.8 Å². The van der Waals surface area contributed by atoms with Crippen LogP contribution in [0.1, 0.15) is 10.4 Å². The zero-order valence-corrected chi connectivity index (χ0v) is 15.2. The van der Waals surface area contributed by atoms with Crippen LogP contribution in [0.15, 0.2) is 84.9 Å². The van der Waals surface area contributed by atoms with Crippen molar-refractivity contribution in [1.29, 1.82) is 0 Å². The van der Waals surface area contributed by atoms with Gasteiger partial charge in [0.15, 0.2) is 0 Å². The minimum Gasteiger partial charge on any atom is -0.507 e. The molecule has 0 aromatic heterocycles. The van der Waals surface area contributed by atoms with E-state index in [1.807, 2.05) is 36.4 Å². The molecule has 2 N–H and O–H groups in total. The molecule has 4 rings (SSSR count). The topological polar surface area (TPSA) is 92.5 Å². The van der Waals surface area contributed by atoms with E-state index in [0.29, 0.717) is 22.4 Å².